The van der Waals surface area contributed by atoms with Crippen molar-refractivity contribution in [2.75, 3.05) is 18.6 Å². The molecule has 4 aromatic rings. The lowest BCUT2D eigenvalue weighted by atomic mass is 10.2. The lowest BCUT2D eigenvalue weighted by Crippen LogP contribution is -2.49. The molecule has 0 saturated carbocycles. The summed E-state index contributed by atoms with van der Waals surface area (Å²) >= 11 is 0. The van der Waals surface area contributed by atoms with Crippen molar-refractivity contribution in [2.24, 2.45) is 0 Å². The first-order valence-electron chi connectivity index (χ1n) is 10.1. The molecule has 1 aliphatic rings. The van der Waals surface area contributed by atoms with Gasteiger partial charge in [-0.05, 0) is 24.3 Å². The van der Waals surface area contributed by atoms with E-state index in [0.717, 1.165) is 0 Å². The zero-order chi connectivity index (χ0) is 22.8. The number of aromatic nitrogens is 4. The first-order chi connectivity index (χ1) is 16.1. The molecule has 33 heavy (non-hydrogen) atoms. The molecule has 10 nitrogen and oxygen atoms in total. The summed E-state index contributed by atoms with van der Waals surface area (Å²) in [5, 5.41) is 2.71. The lowest BCUT2D eigenvalue weighted by molar-refractivity contribution is -0.120. The van der Waals surface area contributed by atoms with Crippen LogP contribution < -0.4 is 19.7 Å². The van der Waals surface area contributed by atoms with E-state index < -0.39 is 11.9 Å². The van der Waals surface area contributed by atoms with E-state index in [1.807, 2.05) is 0 Å². The van der Waals surface area contributed by atoms with Crippen LogP contribution in [0.5, 0.6) is 17.2 Å². The number of ether oxygens (including phenoxy) is 2. The van der Waals surface area contributed by atoms with Gasteiger partial charge in [0, 0.05) is 44.0 Å². The number of rotatable bonds is 4. The van der Waals surface area contributed by atoms with Crippen LogP contribution in [0.25, 0.3) is 11.0 Å². The molecule has 0 fully saturated rings. The smallest absolute Gasteiger partial charge is 0.270 e. The number of carbonyl (C=O) groups is 2. The van der Waals surface area contributed by atoms with Crippen molar-refractivity contribution in [3.8, 4) is 17.2 Å². The number of amides is 2. The molecule has 0 bridgehead atoms. The minimum atomic E-state index is -0.913. The average molecular weight is 442 g/mol. The quantitative estimate of drug-likeness (QED) is 0.512. The van der Waals surface area contributed by atoms with Crippen LogP contribution in [0.2, 0.25) is 0 Å². The molecule has 5 rings (SSSR count). The predicted molar refractivity (Wildman–Crippen MR) is 118 cm³/mol. The Balaban J connectivity index is 1.34. The van der Waals surface area contributed by atoms with Crippen LogP contribution in [0.3, 0.4) is 0 Å². The number of hydrogen-bond acceptors (Lipinski definition) is 8. The van der Waals surface area contributed by atoms with Gasteiger partial charge in [-0.1, -0.05) is 0 Å². The molecule has 0 saturated heterocycles. The van der Waals surface area contributed by atoms with E-state index in [0.29, 0.717) is 34.0 Å². The number of nitrogens with zero attached hydrogens (tertiary/aromatic N) is 5. The van der Waals surface area contributed by atoms with Gasteiger partial charge in [0.25, 0.3) is 11.8 Å². The molecule has 1 atom stereocenters. The maximum Gasteiger partial charge on any atom is 0.270 e. The molecule has 10 heteroatoms. The Morgan fingerprint density at radius 1 is 1.06 bits per heavy atom. The van der Waals surface area contributed by atoms with E-state index in [9.17, 15) is 9.59 Å². The van der Waals surface area contributed by atoms with Crippen LogP contribution >= 0.6 is 0 Å². The maximum atomic E-state index is 13.1. The van der Waals surface area contributed by atoms with Gasteiger partial charge in [0.1, 0.15) is 35.6 Å². The van der Waals surface area contributed by atoms with Crippen LogP contribution in [0.15, 0.2) is 67.4 Å². The zero-order valence-electron chi connectivity index (χ0n) is 17.5. The van der Waals surface area contributed by atoms with Crippen molar-refractivity contribution in [3.05, 3.63) is 73.1 Å². The average Bonchev–Trinajstić information content (AvgIpc) is 2.95. The fraction of sp³-hybridized carbons (Fsp3) is 0.130. The van der Waals surface area contributed by atoms with Gasteiger partial charge in [-0.25, -0.2) is 0 Å². The van der Waals surface area contributed by atoms with Crippen LogP contribution in [0, 0.1) is 0 Å². The highest BCUT2D eigenvalue weighted by molar-refractivity contribution is 6.04. The second-order valence-corrected chi connectivity index (χ2v) is 7.27. The molecular formula is C23H18N6O4. The summed E-state index contributed by atoms with van der Waals surface area (Å²) in [6, 6.07) is 9.16. The number of pyridine rings is 2. The van der Waals surface area contributed by atoms with Crippen molar-refractivity contribution in [2.45, 2.75) is 6.04 Å². The van der Waals surface area contributed by atoms with Crippen LogP contribution in [0.1, 0.15) is 10.5 Å². The van der Waals surface area contributed by atoms with Gasteiger partial charge in [-0.2, -0.15) is 0 Å². The highest BCUT2D eigenvalue weighted by atomic mass is 16.5. The number of carbonyl (C=O) groups excluding carboxylic acids is 2. The molecule has 2 amide bonds. The summed E-state index contributed by atoms with van der Waals surface area (Å²) in [5.74, 6) is 0.580. The molecular weight excluding hydrogens is 424 g/mol. The first kappa shape index (κ1) is 20.3. The molecule has 1 unspecified atom stereocenters. The molecule has 1 N–H and O–H groups in total. The summed E-state index contributed by atoms with van der Waals surface area (Å²) < 4.78 is 11.6. The van der Waals surface area contributed by atoms with E-state index in [1.54, 1.807) is 62.2 Å². The minimum absolute atomic E-state index is 0.0421. The second kappa shape index (κ2) is 8.50. The van der Waals surface area contributed by atoms with E-state index in [-0.39, 0.29) is 18.2 Å². The third-order valence-corrected chi connectivity index (χ3v) is 5.09. The molecule has 1 aliphatic heterocycles. The highest BCUT2D eigenvalue weighted by Crippen LogP contribution is 2.33. The van der Waals surface area contributed by atoms with Gasteiger partial charge < -0.3 is 19.7 Å². The number of nitrogens with one attached hydrogen (secondary N) is 1. The van der Waals surface area contributed by atoms with Crippen LogP contribution in [-0.2, 0) is 4.79 Å². The van der Waals surface area contributed by atoms with Crippen molar-refractivity contribution in [3.63, 3.8) is 0 Å². The third-order valence-electron chi connectivity index (χ3n) is 5.09. The van der Waals surface area contributed by atoms with Crippen LogP contribution in [-0.4, -0.2) is 51.4 Å². The summed E-state index contributed by atoms with van der Waals surface area (Å²) in [6.07, 6.45) is 7.82. The van der Waals surface area contributed by atoms with Crippen LogP contribution in [0.4, 0.5) is 5.69 Å². The Bertz CT molecular complexity index is 1350. The van der Waals surface area contributed by atoms with E-state index in [2.05, 4.69) is 25.3 Å². The number of fused-ring (bicyclic) bond motifs is 2. The second-order valence-electron chi connectivity index (χ2n) is 7.27. The maximum absolute atomic E-state index is 13.1. The van der Waals surface area contributed by atoms with E-state index >= 15 is 0 Å². The zero-order valence-corrected chi connectivity index (χ0v) is 17.5. The third kappa shape index (κ3) is 4.13. The lowest BCUT2D eigenvalue weighted by Gasteiger charge is -2.20. The molecule has 164 valence electrons. The normalized spacial score (nSPS) is 15.4. The summed E-state index contributed by atoms with van der Waals surface area (Å²) in [7, 11) is 1.62. The van der Waals surface area contributed by atoms with Gasteiger partial charge in [0.15, 0.2) is 0 Å². The topological polar surface area (TPSA) is 119 Å². The Kier molecular flexibility index (Phi) is 5.23. The molecule has 0 radical (unpaired) electrons. The first-order valence-corrected chi connectivity index (χ1v) is 10.1. The summed E-state index contributed by atoms with van der Waals surface area (Å²) in [6.45, 7) is -0.0421. The van der Waals surface area contributed by atoms with Gasteiger partial charge >= 0.3 is 0 Å². The molecule has 3 aromatic heterocycles. The monoisotopic (exact) mass is 442 g/mol. The van der Waals surface area contributed by atoms with Crippen molar-refractivity contribution in [1.82, 2.24) is 25.3 Å². The molecule has 0 spiro atoms. The Morgan fingerprint density at radius 3 is 2.67 bits per heavy atom. The van der Waals surface area contributed by atoms with Crippen molar-refractivity contribution >= 4 is 28.5 Å². The van der Waals surface area contributed by atoms with Gasteiger partial charge in [0.05, 0.1) is 22.9 Å². The summed E-state index contributed by atoms with van der Waals surface area (Å²) in [5.41, 5.74) is 1.94. The molecule has 1 aromatic carbocycles. The number of likely N-dealkylation sites (N-methyl/N-ethyl adjacent to an activating group) is 1. The van der Waals surface area contributed by atoms with E-state index in [4.69, 9.17) is 9.47 Å². The molecule has 0 aliphatic carbocycles. The minimum Gasteiger partial charge on any atom is -0.489 e. The summed E-state index contributed by atoms with van der Waals surface area (Å²) in [4.78, 5) is 44.0. The van der Waals surface area contributed by atoms with Gasteiger partial charge in [-0.15, -0.1) is 0 Å². The van der Waals surface area contributed by atoms with Crippen molar-refractivity contribution < 1.29 is 19.1 Å². The predicted octanol–water partition coefficient (Wildman–Crippen LogP) is 2.37. The Hall–Kier alpha value is -4.60. The number of anilines is 1. The number of hydrogen-bond donors (Lipinski definition) is 1. The Labute approximate surface area is 188 Å². The fourth-order valence-corrected chi connectivity index (χ4v) is 3.43. The highest BCUT2D eigenvalue weighted by Gasteiger charge is 2.31. The van der Waals surface area contributed by atoms with Gasteiger partial charge in [0.2, 0.25) is 0 Å². The van der Waals surface area contributed by atoms with E-state index in [1.165, 1.54) is 17.2 Å². The number of benzene rings is 1. The SMILES string of the molecule is CN1C(=O)C(NC(=O)c2cc(Oc3cccnc3)ccn2)COc2cc3nccnc3cc21. The molecule has 4 heterocycles. The van der Waals surface area contributed by atoms with Crippen molar-refractivity contribution in [1.29, 1.82) is 0 Å². The fourth-order valence-electron chi connectivity index (χ4n) is 3.43. The standard InChI is InChI=1S/C23H18N6O4/c1-29-20-10-16-17(27-8-7-26-16)11-21(20)32-13-19(23(29)31)28-22(30)18-9-14(4-6-25-18)33-15-3-2-5-24-12-15/h2-12,19H,13H2,1H3,(H,28,30). The Morgan fingerprint density at radius 2 is 1.88 bits per heavy atom. The van der Waals surface area contributed by atoms with Gasteiger partial charge in [-0.3, -0.25) is 29.5 Å². The largest absolute Gasteiger partial charge is 0.489 e.